The molecule has 0 unspecified atom stereocenters. The van der Waals surface area contributed by atoms with Gasteiger partial charge in [0.25, 0.3) is 5.56 Å². The SMILES string of the molecule is Cn1c(N)c(-c2csc(Nc3ccccc3)n2)c(=O)n(C)c1=O. The van der Waals surface area contributed by atoms with Crippen LogP contribution in [0.15, 0.2) is 45.3 Å². The van der Waals surface area contributed by atoms with E-state index in [-0.39, 0.29) is 11.4 Å². The number of benzene rings is 1. The maximum Gasteiger partial charge on any atom is 0.332 e. The van der Waals surface area contributed by atoms with Crippen LogP contribution in [0.3, 0.4) is 0 Å². The van der Waals surface area contributed by atoms with Crippen molar-refractivity contribution in [1.82, 2.24) is 14.1 Å². The van der Waals surface area contributed by atoms with E-state index >= 15 is 0 Å². The van der Waals surface area contributed by atoms with Gasteiger partial charge in [0.15, 0.2) is 5.13 Å². The van der Waals surface area contributed by atoms with Gasteiger partial charge in [0.2, 0.25) is 0 Å². The van der Waals surface area contributed by atoms with Crippen molar-refractivity contribution in [2.75, 3.05) is 11.1 Å². The van der Waals surface area contributed by atoms with Crippen molar-refractivity contribution in [3.63, 3.8) is 0 Å². The van der Waals surface area contributed by atoms with E-state index in [0.29, 0.717) is 10.8 Å². The molecule has 0 fully saturated rings. The number of anilines is 3. The molecule has 0 aliphatic heterocycles. The molecule has 0 amide bonds. The summed E-state index contributed by atoms with van der Waals surface area (Å²) in [5.41, 5.74) is 6.59. The first-order valence-corrected chi connectivity index (χ1v) is 7.70. The second kappa shape index (κ2) is 5.73. The summed E-state index contributed by atoms with van der Waals surface area (Å²) in [6, 6.07) is 9.59. The lowest BCUT2D eigenvalue weighted by molar-refractivity contribution is 0.696. The van der Waals surface area contributed by atoms with E-state index in [1.807, 2.05) is 30.3 Å². The highest BCUT2D eigenvalue weighted by molar-refractivity contribution is 7.14. The van der Waals surface area contributed by atoms with Crippen LogP contribution in [0.4, 0.5) is 16.6 Å². The quantitative estimate of drug-likeness (QED) is 0.760. The molecule has 3 N–H and O–H groups in total. The maximum atomic E-state index is 12.3. The fraction of sp³-hybridized carbons (Fsp3) is 0.133. The molecule has 7 nitrogen and oxygen atoms in total. The van der Waals surface area contributed by atoms with Crippen molar-refractivity contribution in [3.05, 3.63) is 56.5 Å². The molecule has 0 atom stereocenters. The van der Waals surface area contributed by atoms with Gasteiger partial charge in [0, 0.05) is 25.2 Å². The van der Waals surface area contributed by atoms with Crippen LogP contribution in [0.2, 0.25) is 0 Å². The van der Waals surface area contributed by atoms with E-state index in [9.17, 15) is 9.59 Å². The molecular weight excluding hydrogens is 314 g/mol. The summed E-state index contributed by atoms with van der Waals surface area (Å²) in [5, 5.41) is 5.54. The number of nitrogen functional groups attached to an aromatic ring is 1. The van der Waals surface area contributed by atoms with Gasteiger partial charge in [-0.1, -0.05) is 18.2 Å². The number of thiazole rings is 1. The largest absolute Gasteiger partial charge is 0.384 e. The van der Waals surface area contributed by atoms with Gasteiger partial charge in [-0.15, -0.1) is 11.3 Å². The number of hydrogen-bond donors (Lipinski definition) is 2. The first-order valence-electron chi connectivity index (χ1n) is 6.82. The summed E-state index contributed by atoms with van der Waals surface area (Å²) < 4.78 is 2.26. The van der Waals surface area contributed by atoms with Gasteiger partial charge in [-0.05, 0) is 12.1 Å². The Morgan fingerprint density at radius 3 is 2.52 bits per heavy atom. The maximum absolute atomic E-state index is 12.3. The molecule has 0 radical (unpaired) electrons. The Bertz CT molecular complexity index is 972. The molecule has 23 heavy (non-hydrogen) atoms. The fourth-order valence-corrected chi connectivity index (χ4v) is 2.91. The van der Waals surface area contributed by atoms with Gasteiger partial charge in [-0.2, -0.15) is 0 Å². The number of nitrogens with two attached hydrogens (primary N) is 1. The summed E-state index contributed by atoms with van der Waals surface area (Å²) in [6.07, 6.45) is 0. The lowest BCUT2D eigenvalue weighted by Gasteiger charge is -2.09. The summed E-state index contributed by atoms with van der Waals surface area (Å²) in [5.74, 6) is 0.106. The summed E-state index contributed by atoms with van der Waals surface area (Å²) in [6.45, 7) is 0. The number of nitrogens with zero attached hydrogens (tertiary/aromatic N) is 3. The minimum atomic E-state index is -0.464. The zero-order valence-corrected chi connectivity index (χ0v) is 13.4. The summed E-state index contributed by atoms with van der Waals surface area (Å²) in [4.78, 5) is 28.6. The Morgan fingerprint density at radius 1 is 1.13 bits per heavy atom. The fourth-order valence-electron chi connectivity index (χ4n) is 2.19. The van der Waals surface area contributed by atoms with Crippen molar-refractivity contribution in [3.8, 4) is 11.3 Å². The second-order valence-corrected chi connectivity index (χ2v) is 5.85. The zero-order chi connectivity index (χ0) is 16.6. The number of para-hydroxylation sites is 1. The van der Waals surface area contributed by atoms with E-state index in [1.165, 1.54) is 30.0 Å². The molecule has 2 heterocycles. The smallest absolute Gasteiger partial charge is 0.332 e. The van der Waals surface area contributed by atoms with Crippen LogP contribution in [-0.2, 0) is 14.1 Å². The number of hydrogen-bond acceptors (Lipinski definition) is 6. The van der Waals surface area contributed by atoms with E-state index in [2.05, 4.69) is 10.3 Å². The van der Waals surface area contributed by atoms with Crippen LogP contribution in [-0.4, -0.2) is 14.1 Å². The first kappa shape index (κ1) is 15.0. The second-order valence-electron chi connectivity index (χ2n) is 4.99. The van der Waals surface area contributed by atoms with Gasteiger partial charge >= 0.3 is 5.69 Å². The third kappa shape index (κ3) is 2.64. The van der Waals surface area contributed by atoms with Crippen molar-refractivity contribution in [1.29, 1.82) is 0 Å². The third-order valence-electron chi connectivity index (χ3n) is 3.50. The van der Waals surface area contributed by atoms with Crippen LogP contribution in [0.5, 0.6) is 0 Å². The van der Waals surface area contributed by atoms with Crippen molar-refractivity contribution >= 4 is 28.0 Å². The molecule has 0 saturated heterocycles. The average molecular weight is 329 g/mol. The van der Waals surface area contributed by atoms with Gasteiger partial charge in [0.1, 0.15) is 11.4 Å². The molecule has 2 aromatic heterocycles. The molecule has 0 bridgehead atoms. The predicted octanol–water partition coefficient (Wildman–Crippen LogP) is 1.53. The molecule has 3 rings (SSSR count). The van der Waals surface area contributed by atoms with Crippen molar-refractivity contribution in [2.24, 2.45) is 14.1 Å². The Labute approximate surface area is 135 Å². The molecule has 0 spiro atoms. The van der Waals surface area contributed by atoms with Crippen LogP contribution >= 0.6 is 11.3 Å². The van der Waals surface area contributed by atoms with Gasteiger partial charge in [-0.25, -0.2) is 9.78 Å². The topological polar surface area (TPSA) is 94.9 Å². The molecule has 8 heteroatoms. The van der Waals surface area contributed by atoms with Gasteiger partial charge in [0.05, 0.1) is 5.69 Å². The lowest BCUT2D eigenvalue weighted by atomic mass is 10.2. The molecule has 0 saturated carbocycles. The zero-order valence-electron chi connectivity index (χ0n) is 12.6. The Balaban J connectivity index is 2.05. The number of aromatic nitrogens is 3. The number of nitrogens with one attached hydrogen (secondary N) is 1. The van der Waals surface area contributed by atoms with Crippen LogP contribution in [0.25, 0.3) is 11.3 Å². The molecule has 118 valence electrons. The van der Waals surface area contributed by atoms with Crippen LogP contribution in [0, 0.1) is 0 Å². The van der Waals surface area contributed by atoms with Crippen LogP contribution < -0.4 is 22.3 Å². The monoisotopic (exact) mass is 329 g/mol. The highest BCUT2D eigenvalue weighted by Crippen LogP contribution is 2.27. The predicted molar refractivity (Wildman–Crippen MR) is 92.2 cm³/mol. The first-order chi connectivity index (χ1) is 11.0. The molecule has 3 aromatic rings. The van der Waals surface area contributed by atoms with Gasteiger partial charge in [-0.3, -0.25) is 13.9 Å². The molecule has 0 aliphatic carbocycles. The standard InChI is InChI=1S/C15H15N5O2S/c1-19-12(16)11(13(21)20(2)15(19)22)10-8-23-14(18-10)17-9-6-4-3-5-7-9/h3-8H,16H2,1-2H3,(H,17,18). The minimum Gasteiger partial charge on any atom is -0.384 e. The highest BCUT2D eigenvalue weighted by Gasteiger charge is 2.17. The van der Waals surface area contributed by atoms with E-state index < -0.39 is 11.2 Å². The van der Waals surface area contributed by atoms with Crippen molar-refractivity contribution in [2.45, 2.75) is 0 Å². The Morgan fingerprint density at radius 2 is 1.83 bits per heavy atom. The Kier molecular flexibility index (Phi) is 3.75. The molecule has 0 aliphatic rings. The minimum absolute atomic E-state index is 0.106. The Hall–Kier alpha value is -2.87. The van der Waals surface area contributed by atoms with Crippen molar-refractivity contribution < 1.29 is 0 Å². The van der Waals surface area contributed by atoms with Crippen LogP contribution in [0.1, 0.15) is 0 Å². The summed E-state index contributed by atoms with van der Waals surface area (Å²) >= 11 is 1.36. The normalized spacial score (nSPS) is 10.7. The average Bonchev–Trinajstić information content (AvgIpc) is 3.00. The molecule has 1 aromatic carbocycles. The van der Waals surface area contributed by atoms with Gasteiger partial charge < -0.3 is 11.1 Å². The van der Waals surface area contributed by atoms with E-state index in [0.717, 1.165) is 10.3 Å². The number of rotatable bonds is 3. The lowest BCUT2D eigenvalue weighted by Crippen LogP contribution is -2.39. The van der Waals surface area contributed by atoms with E-state index in [1.54, 1.807) is 5.38 Å². The van der Waals surface area contributed by atoms with E-state index in [4.69, 9.17) is 5.73 Å². The third-order valence-corrected chi connectivity index (χ3v) is 4.25. The molecular formula is C15H15N5O2S. The summed E-state index contributed by atoms with van der Waals surface area (Å²) in [7, 11) is 2.94. The highest BCUT2D eigenvalue weighted by atomic mass is 32.1.